The molecule has 1 N–H and O–H groups in total. The van der Waals surface area contributed by atoms with Crippen molar-refractivity contribution in [1.29, 1.82) is 0 Å². The molecule has 1 heterocycles. The Morgan fingerprint density at radius 3 is 2.42 bits per heavy atom. The third-order valence-electron chi connectivity index (χ3n) is 3.80. The molecular formula is C20H23NO5. The quantitative estimate of drug-likeness (QED) is 0.736. The van der Waals surface area contributed by atoms with Gasteiger partial charge in [-0.1, -0.05) is 6.07 Å². The van der Waals surface area contributed by atoms with E-state index in [1.165, 1.54) is 0 Å². The van der Waals surface area contributed by atoms with E-state index in [2.05, 4.69) is 5.32 Å². The number of benzene rings is 2. The third kappa shape index (κ3) is 5.05. The zero-order valence-corrected chi connectivity index (χ0v) is 14.8. The van der Waals surface area contributed by atoms with Crippen LogP contribution in [0, 0.1) is 0 Å². The van der Waals surface area contributed by atoms with Gasteiger partial charge in [-0.15, -0.1) is 0 Å². The Labute approximate surface area is 153 Å². The fourth-order valence-electron chi connectivity index (χ4n) is 2.60. The minimum absolute atomic E-state index is 0.0584. The highest BCUT2D eigenvalue weighted by atomic mass is 16.6. The fourth-order valence-corrected chi connectivity index (χ4v) is 2.60. The van der Waals surface area contributed by atoms with Gasteiger partial charge in [-0.2, -0.15) is 0 Å². The van der Waals surface area contributed by atoms with Crippen LogP contribution in [0.5, 0.6) is 23.0 Å². The van der Waals surface area contributed by atoms with Gasteiger partial charge in [0.25, 0.3) is 0 Å². The lowest BCUT2D eigenvalue weighted by atomic mass is 10.1. The maximum absolute atomic E-state index is 12.1. The monoisotopic (exact) mass is 357 g/mol. The van der Waals surface area contributed by atoms with Crippen LogP contribution in [0.15, 0.2) is 42.5 Å². The molecule has 26 heavy (non-hydrogen) atoms. The van der Waals surface area contributed by atoms with Gasteiger partial charge in [-0.05, 0) is 48.9 Å². The SMILES string of the molecule is CCOc1ccc(OCCNC(=O)Cc2ccc3c(c2)OCCO3)cc1. The zero-order chi connectivity index (χ0) is 18.2. The number of nitrogens with one attached hydrogen (secondary N) is 1. The molecule has 0 saturated heterocycles. The van der Waals surface area contributed by atoms with E-state index in [1.54, 1.807) is 0 Å². The molecule has 0 saturated carbocycles. The number of hydrogen-bond donors (Lipinski definition) is 1. The van der Waals surface area contributed by atoms with Crippen molar-refractivity contribution in [3.05, 3.63) is 48.0 Å². The summed E-state index contributed by atoms with van der Waals surface area (Å²) in [6.07, 6.45) is 0.291. The van der Waals surface area contributed by atoms with Crippen molar-refractivity contribution in [2.75, 3.05) is 33.0 Å². The van der Waals surface area contributed by atoms with Crippen LogP contribution in [-0.2, 0) is 11.2 Å². The van der Waals surface area contributed by atoms with Gasteiger partial charge in [0.15, 0.2) is 11.5 Å². The van der Waals surface area contributed by atoms with E-state index in [0.29, 0.717) is 45.1 Å². The van der Waals surface area contributed by atoms with Gasteiger partial charge in [0.2, 0.25) is 5.91 Å². The Balaban J connectivity index is 1.39. The summed E-state index contributed by atoms with van der Waals surface area (Å²) in [5, 5.41) is 2.85. The van der Waals surface area contributed by atoms with Crippen LogP contribution in [-0.4, -0.2) is 38.9 Å². The predicted molar refractivity (Wildman–Crippen MR) is 97.3 cm³/mol. The van der Waals surface area contributed by atoms with Crippen molar-refractivity contribution in [3.63, 3.8) is 0 Å². The van der Waals surface area contributed by atoms with Gasteiger partial charge in [-0.25, -0.2) is 0 Å². The normalized spacial score (nSPS) is 12.3. The summed E-state index contributed by atoms with van der Waals surface area (Å²) in [6, 6.07) is 13.0. The molecule has 0 spiro atoms. The second kappa shape index (κ2) is 8.99. The number of carbonyl (C=O) groups is 1. The average molecular weight is 357 g/mol. The first-order valence-corrected chi connectivity index (χ1v) is 8.75. The van der Waals surface area contributed by atoms with Crippen LogP contribution in [0.2, 0.25) is 0 Å². The van der Waals surface area contributed by atoms with Crippen molar-refractivity contribution < 1.29 is 23.7 Å². The number of fused-ring (bicyclic) bond motifs is 1. The molecular weight excluding hydrogens is 334 g/mol. The van der Waals surface area contributed by atoms with E-state index in [4.69, 9.17) is 18.9 Å². The minimum atomic E-state index is -0.0584. The van der Waals surface area contributed by atoms with E-state index in [9.17, 15) is 4.79 Å². The summed E-state index contributed by atoms with van der Waals surface area (Å²) < 4.78 is 22.0. The van der Waals surface area contributed by atoms with Crippen LogP contribution in [0.4, 0.5) is 0 Å². The lowest BCUT2D eigenvalue weighted by molar-refractivity contribution is -0.120. The maximum Gasteiger partial charge on any atom is 0.224 e. The number of carbonyl (C=O) groups excluding carboxylic acids is 1. The molecule has 2 aromatic carbocycles. The summed E-state index contributed by atoms with van der Waals surface area (Å²) in [4.78, 5) is 12.1. The summed E-state index contributed by atoms with van der Waals surface area (Å²) >= 11 is 0. The standard InChI is InChI=1S/C20H23NO5/c1-2-23-16-4-6-17(7-5-16)24-10-9-21-20(22)14-15-3-8-18-19(13-15)26-12-11-25-18/h3-8,13H,2,9-12,14H2,1H3,(H,21,22). The highest BCUT2D eigenvalue weighted by Gasteiger charge is 2.13. The molecule has 0 unspecified atom stereocenters. The first kappa shape index (κ1) is 17.9. The largest absolute Gasteiger partial charge is 0.494 e. The average Bonchev–Trinajstić information content (AvgIpc) is 2.67. The smallest absolute Gasteiger partial charge is 0.224 e. The molecule has 6 heteroatoms. The van der Waals surface area contributed by atoms with E-state index in [-0.39, 0.29) is 5.91 Å². The molecule has 6 nitrogen and oxygen atoms in total. The van der Waals surface area contributed by atoms with Crippen LogP contribution in [0.25, 0.3) is 0 Å². The second-order valence-corrected chi connectivity index (χ2v) is 5.76. The van der Waals surface area contributed by atoms with Gasteiger partial charge in [-0.3, -0.25) is 4.79 Å². The Morgan fingerprint density at radius 1 is 1.00 bits per heavy atom. The molecule has 1 aliphatic heterocycles. The summed E-state index contributed by atoms with van der Waals surface area (Å²) in [7, 11) is 0. The summed E-state index contributed by atoms with van der Waals surface area (Å²) in [5.74, 6) is 2.92. The Bertz CT molecular complexity index is 729. The van der Waals surface area contributed by atoms with Crippen LogP contribution in [0.1, 0.15) is 12.5 Å². The number of rotatable bonds is 8. The highest BCUT2D eigenvalue weighted by Crippen LogP contribution is 2.30. The second-order valence-electron chi connectivity index (χ2n) is 5.76. The van der Waals surface area contributed by atoms with Gasteiger partial charge < -0.3 is 24.3 Å². The molecule has 0 radical (unpaired) electrons. The minimum Gasteiger partial charge on any atom is -0.494 e. The Morgan fingerprint density at radius 2 is 1.69 bits per heavy atom. The lowest BCUT2D eigenvalue weighted by Gasteiger charge is -2.18. The Kier molecular flexibility index (Phi) is 6.19. The van der Waals surface area contributed by atoms with Gasteiger partial charge >= 0.3 is 0 Å². The van der Waals surface area contributed by atoms with Crippen molar-refractivity contribution >= 4 is 5.91 Å². The first-order valence-electron chi connectivity index (χ1n) is 8.75. The summed E-state index contributed by atoms with van der Waals surface area (Å²) in [5.41, 5.74) is 0.888. The van der Waals surface area contributed by atoms with E-state index in [0.717, 1.165) is 22.8 Å². The van der Waals surface area contributed by atoms with Crippen molar-refractivity contribution in [2.24, 2.45) is 0 Å². The topological polar surface area (TPSA) is 66.0 Å². The molecule has 2 aromatic rings. The molecule has 1 amide bonds. The molecule has 0 aliphatic carbocycles. The van der Waals surface area contributed by atoms with Crippen LogP contribution in [0.3, 0.4) is 0 Å². The van der Waals surface area contributed by atoms with Gasteiger partial charge in [0, 0.05) is 0 Å². The van der Waals surface area contributed by atoms with Crippen molar-refractivity contribution in [1.82, 2.24) is 5.32 Å². The summed E-state index contributed by atoms with van der Waals surface area (Å²) in [6.45, 7) is 4.51. The molecule has 1 aliphatic rings. The van der Waals surface area contributed by atoms with Crippen molar-refractivity contribution in [2.45, 2.75) is 13.3 Å². The zero-order valence-electron chi connectivity index (χ0n) is 14.8. The highest BCUT2D eigenvalue weighted by molar-refractivity contribution is 5.78. The third-order valence-corrected chi connectivity index (χ3v) is 3.80. The molecule has 0 bridgehead atoms. The number of hydrogen-bond acceptors (Lipinski definition) is 5. The van der Waals surface area contributed by atoms with Crippen molar-refractivity contribution in [3.8, 4) is 23.0 Å². The molecule has 3 rings (SSSR count). The van der Waals surface area contributed by atoms with E-state index < -0.39 is 0 Å². The molecule has 0 fully saturated rings. The lowest BCUT2D eigenvalue weighted by Crippen LogP contribution is -2.29. The van der Waals surface area contributed by atoms with Crippen LogP contribution >= 0.6 is 0 Å². The van der Waals surface area contributed by atoms with Gasteiger partial charge in [0.1, 0.15) is 31.3 Å². The molecule has 0 aromatic heterocycles. The van der Waals surface area contributed by atoms with E-state index in [1.807, 2.05) is 49.4 Å². The number of ether oxygens (including phenoxy) is 4. The Hall–Kier alpha value is -2.89. The molecule has 0 atom stereocenters. The first-order chi connectivity index (χ1) is 12.7. The number of amides is 1. The predicted octanol–water partition coefficient (Wildman–Crippen LogP) is 2.59. The molecule has 138 valence electrons. The fraction of sp³-hybridized carbons (Fsp3) is 0.350. The maximum atomic E-state index is 12.1. The van der Waals surface area contributed by atoms with Gasteiger partial charge in [0.05, 0.1) is 19.6 Å². The van der Waals surface area contributed by atoms with Crippen LogP contribution < -0.4 is 24.3 Å². The van der Waals surface area contributed by atoms with E-state index >= 15 is 0 Å².